The third-order valence-corrected chi connectivity index (χ3v) is 9.65. The van der Waals surface area contributed by atoms with Gasteiger partial charge in [-0.2, -0.15) is 0 Å². The molecule has 1 unspecified atom stereocenters. The summed E-state index contributed by atoms with van der Waals surface area (Å²) in [6.45, 7) is 2.38. The van der Waals surface area contributed by atoms with Crippen molar-refractivity contribution in [2.75, 3.05) is 40.8 Å². The van der Waals surface area contributed by atoms with E-state index in [4.69, 9.17) is 4.74 Å². The summed E-state index contributed by atoms with van der Waals surface area (Å²) in [5, 5.41) is 11.6. The number of Topliss-reactive ketones (excluding diaryl/α,β-unsaturated/α-hetero) is 1. The first-order valence-corrected chi connectivity index (χ1v) is 14.3. The Balaban J connectivity index is 1.28. The van der Waals surface area contributed by atoms with E-state index < -0.39 is 6.35 Å². The zero-order valence-corrected chi connectivity index (χ0v) is 23.3. The van der Waals surface area contributed by atoms with Crippen molar-refractivity contribution in [2.45, 2.75) is 75.2 Å². The van der Waals surface area contributed by atoms with Gasteiger partial charge in [0.15, 0.2) is 6.35 Å². The average molecular weight is 521 g/mol. The van der Waals surface area contributed by atoms with Crippen LogP contribution in [0.1, 0.15) is 62.5 Å². The van der Waals surface area contributed by atoms with Gasteiger partial charge in [-0.3, -0.25) is 19.5 Å². The molecule has 1 aromatic carbocycles. The number of ketones is 1. The highest BCUT2D eigenvalue weighted by molar-refractivity contribution is 5.81. The molecule has 38 heavy (non-hydrogen) atoms. The predicted molar refractivity (Wildman–Crippen MR) is 149 cm³/mol. The van der Waals surface area contributed by atoms with Crippen molar-refractivity contribution in [2.24, 2.45) is 5.92 Å². The van der Waals surface area contributed by atoms with Crippen LogP contribution in [0.25, 0.3) is 0 Å². The summed E-state index contributed by atoms with van der Waals surface area (Å²) in [4.78, 5) is 24.0. The monoisotopic (exact) mass is 520 g/mol. The van der Waals surface area contributed by atoms with Gasteiger partial charge in [0.05, 0.1) is 7.11 Å². The summed E-state index contributed by atoms with van der Waals surface area (Å²) in [5.41, 5.74) is 2.29. The summed E-state index contributed by atoms with van der Waals surface area (Å²) in [6.07, 6.45) is 9.91. The largest absolute Gasteiger partial charge is 0.481 e. The van der Waals surface area contributed by atoms with Crippen LogP contribution < -0.4 is 4.74 Å². The molecular weight excluding hydrogens is 476 g/mol. The highest BCUT2D eigenvalue weighted by Crippen LogP contribution is 2.50. The van der Waals surface area contributed by atoms with E-state index >= 15 is 0 Å². The quantitative estimate of drug-likeness (QED) is 0.507. The average Bonchev–Trinajstić information content (AvgIpc) is 3.16. The normalized spacial score (nSPS) is 28.6. The number of hydrogen-bond acceptors (Lipinski definition) is 7. The fraction of sp³-hybridized carbons (Fsp3) is 0.613. The number of benzene rings is 1. The second kappa shape index (κ2) is 11.4. The lowest BCUT2D eigenvalue weighted by molar-refractivity contribution is -0.121. The molecule has 1 aliphatic heterocycles. The van der Waals surface area contributed by atoms with Crippen LogP contribution in [0.3, 0.4) is 0 Å². The van der Waals surface area contributed by atoms with Crippen LogP contribution in [0.2, 0.25) is 0 Å². The molecule has 1 atom stereocenters. The van der Waals surface area contributed by atoms with Crippen LogP contribution in [-0.4, -0.2) is 83.3 Å². The maximum absolute atomic E-state index is 12.9. The molecule has 2 aromatic rings. The fourth-order valence-corrected chi connectivity index (χ4v) is 7.00. The van der Waals surface area contributed by atoms with E-state index in [1.165, 1.54) is 24.8 Å². The number of carbonyl (C=O) groups excluding carboxylic acids is 1. The molecule has 1 saturated heterocycles. The highest BCUT2D eigenvalue weighted by Gasteiger charge is 2.54. The molecule has 2 heterocycles. The number of ether oxygens (including phenoxy) is 1. The van der Waals surface area contributed by atoms with Crippen LogP contribution >= 0.6 is 0 Å². The molecule has 0 amide bonds. The first-order valence-electron chi connectivity index (χ1n) is 14.3. The fourth-order valence-electron chi connectivity index (χ4n) is 7.00. The Labute approximate surface area is 227 Å². The molecule has 206 valence electrons. The van der Waals surface area contributed by atoms with Crippen molar-refractivity contribution in [3.05, 3.63) is 59.8 Å². The lowest BCUT2D eigenvalue weighted by Crippen LogP contribution is -2.57. The van der Waals surface area contributed by atoms with Crippen LogP contribution in [0, 0.1) is 5.92 Å². The van der Waals surface area contributed by atoms with Gasteiger partial charge in [0.2, 0.25) is 5.88 Å². The lowest BCUT2D eigenvalue weighted by atomic mass is 9.68. The lowest BCUT2D eigenvalue weighted by Gasteiger charge is -2.52. The summed E-state index contributed by atoms with van der Waals surface area (Å²) >= 11 is 0. The van der Waals surface area contributed by atoms with Crippen LogP contribution in [0.4, 0.5) is 0 Å². The van der Waals surface area contributed by atoms with Crippen molar-refractivity contribution in [3.63, 3.8) is 0 Å². The molecule has 5 rings (SSSR count). The summed E-state index contributed by atoms with van der Waals surface area (Å²) in [7, 11) is 6.00. The standard InChI is InChI=1S/C31H44N4O3/c1-33(2)31(26-10-5-4-6-11-26)16-14-30(15-17-31)23-34(29(37)35(30)22-24-8-7-9-24)19-13-27(36)20-25-12-18-32-28(21-25)38-3/h4-6,10-12,18,21,24,29,37H,7-9,13-17,19-20,22-23H2,1-3H3/t29?,30-,31+. The van der Waals surface area contributed by atoms with Gasteiger partial charge in [0.25, 0.3) is 0 Å². The smallest absolute Gasteiger partial charge is 0.213 e. The topological polar surface area (TPSA) is 69.1 Å². The van der Waals surface area contributed by atoms with Crippen molar-refractivity contribution in [1.29, 1.82) is 0 Å². The zero-order valence-electron chi connectivity index (χ0n) is 23.3. The number of hydrogen-bond donors (Lipinski definition) is 1. The number of aliphatic hydroxyl groups excluding tert-OH is 1. The number of nitrogens with zero attached hydrogens (tertiary/aromatic N) is 4. The number of pyridine rings is 1. The van der Waals surface area contributed by atoms with Gasteiger partial charge >= 0.3 is 0 Å². The van der Waals surface area contributed by atoms with Gasteiger partial charge in [0, 0.05) is 55.8 Å². The van der Waals surface area contributed by atoms with E-state index in [2.05, 4.69) is 64.1 Å². The molecule has 0 radical (unpaired) electrons. The first-order chi connectivity index (χ1) is 18.3. The molecule has 1 spiro atoms. The van der Waals surface area contributed by atoms with Crippen LogP contribution in [0.5, 0.6) is 5.88 Å². The second-order valence-electron chi connectivity index (χ2n) is 12.0. The third-order valence-electron chi connectivity index (χ3n) is 9.65. The number of aromatic nitrogens is 1. The van der Waals surface area contributed by atoms with E-state index in [1.54, 1.807) is 13.3 Å². The molecule has 7 nitrogen and oxygen atoms in total. The minimum absolute atomic E-state index is 0.0224. The van der Waals surface area contributed by atoms with Gasteiger partial charge in [-0.05, 0) is 75.7 Å². The SMILES string of the molecule is COc1cc(CC(=O)CCN2C[C@]3(CC[C@](c4ccccc4)(N(C)C)CC3)N(CC3CCC3)C2O)ccn1. The van der Waals surface area contributed by atoms with E-state index in [-0.39, 0.29) is 16.9 Å². The van der Waals surface area contributed by atoms with Crippen LogP contribution in [0.15, 0.2) is 48.7 Å². The van der Waals surface area contributed by atoms with Gasteiger partial charge in [-0.15, -0.1) is 0 Å². The van der Waals surface area contributed by atoms with E-state index in [0.29, 0.717) is 31.2 Å². The van der Waals surface area contributed by atoms with Gasteiger partial charge in [0.1, 0.15) is 5.78 Å². The molecule has 3 aliphatic rings. The maximum atomic E-state index is 12.9. The van der Waals surface area contributed by atoms with E-state index in [1.807, 2.05) is 12.1 Å². The van der Waals surface area contributed by atoms with Crippen molar-refractivity contribution < 1.29 is 14.6 Å². The summed E-state index contributed by atoms with van der Waals surface area (Å²) in [6, 6.07) is 14.6. The Morgan fingerprint density at radius 2 is 1.87 bits per heavy atom. The Morgan fingerprint density at radius 1 is 1.13 bits per heavy atom. The maximum Gasteiger partial charge on any atom is 0.213 e. The Kier molecular flexibility index (Phi) is 8.19. The summed E-state index contributed by atoms with van der Waals surface area (Å²) in [5.74, 6) is 1.39. The molecule has 1 N–H and O–H groups in total. The Morgan fingerprint density at radius 3 is 2.50 bits per heavy atom. The molecule has 7 heteroatoms. The third kappa shape index (κ3) is 5.39. The van der Waals surface area contributed by atoms with Gasteiger partial charge in [-0.25, -0.2) is 4.98 Å². The first kappa shape index (κ1) is 27.3. The molecule has 2 saturated carbocycles. The van der Waals surface area contributed by atoms with Crippen molar-refractivity contribution in [3.8, 4) is 5.88 Å². The van der Waals surface area contributed by atoms with Crippen LogP contribution in [-0.2, 0) is 16.8 Å². The molecule has 0 bridgehead atoms. The van der Waals surface area contributed by atoms with Gasteiger partial charge < -0.3 is 9.84 Å². The summed E-state index contributed by atoms with van der Waals surface area (Å²) < 4.78 is 5.20. The second-order valence-corrected chi connectivity index (χ2v) is 12.0. The number of methoxy groups -OCH3 is 1. The number of aliphatic hydroxyl groups is 1. The zero-order chi connectivity index (χ0) is 26.8. The predicted octanol–water partition coefficient (Wildman–Crippen LogP) is 4.06. The molecule has 3 fully saturated rings. The molecule has 1 aromatic heterocycles. The van der Waals surface area contributed by atoms with Crippen molar-refractivity contribution in [1.82, 2.24) is 19.7 Å². The van der Waals surface area contributed by atoms with Crippen molar-refractivity contribution >= 4 is 5.78 Å². The number of carbonyl (C=O) groups is 1. The van der Waals surface area contributed by atoms with E-state index in [0.717, 1.165) is 44.3 Å². The molecule has 2 aliphatic carbocycles. The minimum Gasteiger partial charge on any atom is -0.481 e. The Bertz CT molecular complexity index is 1080. The highest BCUT2D eigenvalue weighted by atomic mass is 16.5. The Hall–Kier alpha value is -2.32. The minimum atomic E-state index is -0.618. The van der Waals surface area contributed by atoms with Gasteiger partial charge in [-0.1, -0.05) is 36.8 Å². The number of rotatable bonds is 10. The van der Waals surface area contributed by atoms with E-state index in [9.17, 15) is 9.90 Å². The molecular formula is C31H44N4O3.